The van der Waals surface area contributed by atoms with Crippen LogP contribution in [0.2, 0.25) is 0 Å². The molecule has 1 aromatic heterocycles. The Kier molecular flexibility index (Phi) is 4.17. The van der Waals surface area contributed by atoms with Gasteiger partial charge >= 0.3 is 0 Å². The van der Waals surface area contributed by atoms with E-state index in [4.69, 9.17) is 9.47 Å². The summed E-state index contributed by atoms with van der Waals surface area (Å²) in [6.45, 7) is 5.92. The summed E-state index contributed by atoms with van der Waals surface area (Å²) < 4.78 is 11.4. The Balaban J connectivity index is 1.70. The lowest BCUT2D eigenvalue weighted by molar-refractivity contribution is 0.254. The maximum atomic E-state index is 5.84. The van der Waals surface area contributed by atoms with Crippen LogP contribution in [0.25, 0.3) is 0 Å². The van der Waals surface area contributed by atoms with Crippen LogP contribution in [0.1, 0.15) is 29.2 Å². The molecule has 1 unspecified atom stereocenters. The maximum absolute atomic E-state index is 5.84. The van der Waals surface area contributed by atoms with Crippen LogP contribution in [0.5, 0.6) is 11.5 Å². The third kappa shape index (κ3) is 3.06. The lowest BCUT2D eigenvalue weighted by Crippen LogP contribution is -2.13. The number of ether oxygens (including phenoxy) is 2. The van der Waals surface area contributed by atoms with Crippen LogP contribution in [0.4, 0.5) is 0 Å². The van der Waals surface area contributed by atoms with Crippen LogP contribution in [-0.2, 0) is 19.5 Å². The van der Waals surface area contributed by atoms with Gasteiger partial charge in [0.2, 0.25) is 0 Å². The summed E-state index contributed by atoms with van der Waals surface area (Å²) in [5.74, 6) is 1.95. The zero-order valence-electron chi connectivity index (χ0n) is 12.7. The molecule has 0 amide bonds. The highest BCUT2D eigenvalue weighted by atomic mass is 32.1. The molecule has 3 nitrogen and oxygen atoms in total. The first-order chi connectivity index (χ1) is 10.2. The molecule has 1 aliphatic rings. The van der Waals surface area contributed by atoms with Gasteiger partial charge in [-0.25, -0.2) is 0 Å². The van der Waals surface area contributed by atoms with Crippen molar-refractivity contribution in [1.82, 2.24) is 5.32 Å². The van der Waals surface area contributed by atoms with E-state index in [2.05, 4.69) is 42.1 Å². The zero-order valence-corrected chi connectivity index (χ0v) is 13.5. The highest BCUT2D eigenvalue weighted by Gasteiger charge is 2.21. The first kappa shape index (κ1) is 14.4. The first-order valence-corrected chi connectivity index (χ1v) is 8.20. The molecule has 2 heterocycles. The van der Waals surface area contributed by atoms with Crippen molar-refractivity contribution >= 4 is 11.3 Å². The van der Waals surface area contributed by atoms with Crippen LogP contribution in [0.15, 0.2) is 22.9 Å². The molecule has 0 bridgehead atoms. The molecule has 112 valence electrons. The third-order valence-electron chi connectivity index (χ3n) is 3.89. The Hall–Kier alpha value is -1.52. The number of hydrogen-bond donors (Lipinski definition) is 1. The van der Waals surface area contributed by atoms with E-state index in [0.717, 1.165) is 36.6 Å². The molecule has 21 heavy (non-hydrogen) atoms. The van der Waals surface area contributed by atoms with E-state index in [1.165, 1.54) is 16.7 Å². The summed E-state index contributed by atoms with van der Waals surface area (Å²) in [6.07, 6.45) is 1.23. The fraction of sp³-hybridized carbons (Fsp3) is 0.412. The predicted octanol–water partition coefficient (Wildman–Crippen LogP) is 3.68. The van der Waals surface area contributed by atoms with Gasteiger partial charge in [-0.3, -0.25) is 0 Å². The van der Waals surface area contributed by atoms with Gasteiger partial charge < -0.3 is 14.8 Å². The van der Waals surface area contributed by atoms with Crippen LogP contribution < -0.4 is 14.8 Å². The number of hydrogen-bond acceptors (Lipinski definition) is 4. The van der Waals surface area contributed by atoms with Gasteiger partial charge in [-0.15, -0.1) is 0 Å². The Labute approximate surface area is 129 Å². The van der Waals surface area contributed by atoms with E-state index in [9.17, 15) is 0 Å². The van der Waals surface area contributed by atoms with Crippen molar-refractivity contribution in [3.8, 4) is 11.5 Å². The molecule has 0 saturated carbocycles. The van der Waals surface area contributed by atoms with Crippen molar-refractivity contribution in [1.29, 1.82) is 0 Å². The molecule has 0 aliphatic carbocycles. The standard InChI is InChI=1S/C17H21NO2S/c1-11-9-21-10-15(11)8-18-7-14-6-17-13(4-12(2)20-17)5-16(14)19-3/h5-6,9-10,12,18H,4,7-8H2,1-3H3. The lowest BCUT2D eigenvalue weighted by atomic mass is 10.1. The van der Waals surface area contributed by atoms with Gasteiger partial charge in [0.15, 0.2) is 0 Å². The van der Waals surface area contributed by atoms with Crippen molar-refractivity contribution in [2.75, 3.05) is 7.11 Å². The number of methoxy groups -OCH3 is 1. The monoisotopic (exact) mass is 303 g/mol. The molecule has 3 rings (SSSR count). The molecule has 0 spiro atoms. The third-order valence-corrected chi connectivity index (χ3v) is 4.80. The second kappa shape index (κ2) is 6.08. The normalized spacial score (nSPS) is 16.6. The zero-order chi connectivity index (χ0) is 14.8. The van der Waals surface area contributed by atoms with Gasteiger partial charge in [-0.2, -0.15) is 11.3 Å². The topological polar surface area (TPSA) is 30.5 Å². The van der Waals surface area contributed by atoms with Crippen molar-refractivity contribution in [3.05, 3.63) is 45.1 Å². The highest BCUT2D eigenvalue weighted by molar-refractivity contribution is 7.08. The average Bonchev–Trinajstić information content (AvgIpc) is 3.02. The maximum Gasteiger partial charge on any atom is 0.123 e. The Morgan fingerprint density at radius 2 is 2.10 bits per heavy atom. The van der Waals surface area contributed by atoms with Crippen LogP contribution in [0, 0.1) is 6.92 Å². The number of benzene rings is 1. The largest absolute Gasteiger partial charge is 0.496 e. The second-order valence-electron chi connectivity index (χ2n) is 5.59. The van der Waals surface area contributed by atoms with E-state index in [-0.39, 0.29) is 6.10 Å². The molecule has 0 fully saturated rings. The summed E-state index contributed by atoms with van der Waals surface area (Å²) in [5, 5.41) is 7.88. The minimum Gasteiger partial charge on any atom is -0.496 e. The summed E-state index contributed by atoms with van der Waals surface area (Å²) in [6, 6.07) is 4.23. The van der Waals surface area contributed by atoms with E-state index >= 15 is 0 Å². The van der Waals surface area contributed by atoms with E-state index in [0.29, 0.717) is 0 Å². The number of thiophene rings is 1. The van der Waals surface area contributed by atoms with Crippen LogP contribution in [-0.4, -0.2) is 13.2 Å². The lowest BCUT2D eigenvalue weighted by Gasteiger charge is -2.12. The quantitative estimate of drug-likeness (QED) is 0.914. The van der Waals surface area contributed by atoms with Gasteiger partial charge in [0, 0.05) is 30.6 Å². The van der Waals surface area contributed by atoms with Crippen LogP contribution >= 0.6 is 11.3 Å². The van der Waals surface area contributed by atoms with Crippen LogP contribution in [0.3, 0.4) is 0 Å². The van der Waals surface area contributed by atoms with Gasteiger partial charge in [0.05, 0.1) is 7.11 Å². The van der Waals surface area contributed by atoms with E-state index < -0.39 is 0 Å². The molecule has 1 aromatic carbocycles. The fourth-order valence-corrected chi connectivity index (χ4v) is 3.57. The predicted molar refractivity (Wildman–Crippen MR) is 86.4 cm³/mol. The minimum atomic E-state index is 0.265. The average molecular weight is 303 g/mol. The molecule has 0 radical (unpaired) electrons. The molecular formula is C17H21NO2S. The Morgan fingerprint density at radius 1 is 1.29 bits per heavy atom. The second-order valence-corrected chi connectivity index (χ2v) is 6.33. The van der Waals surface area contributed by atoms with Crippen molar-refractivity contribution < 1.29 is 9.47 Å². The summed E-state index contributed by atoms with van der Waals surface area (Å²) in [5.41, 5.74) is 5.12. The van der Waals surface area contributed by atoms with Crippen molar-refractivity contribution in [2.45, 2.75) is 39.5 Å². The van der Waals surface area contributed by atoms with E-state index in [1.54, 1.807) is 18.4 Å². The van der Waals surface area contributed by atoms with E-state index in [1.807, 2.05) is 0 Å². The molecule has 4 heteroatoms. The summed E-state index contributed by atoms with van der Waals surface area (Å²) in [4.78, 5) is 0. The Morgan fingerprint density at radius 3 is 2.81 bits per heavy atom. The number of aryl methyl sites for hydroxylation is 1. The number of fused-ring (bicyclic) bond motifs is 1. The highest BCUT2D eigenvalue weighted by Crippen LogP contribution is 2.34. The van der Waals surface area contributed by atoms with Gasteiger partial charge in [-0.05, 0) is 47.9 Å². The molecule has 1 N–H and O–H groups in total. The number of rotatable bonds is 5. The smallest absolute Gasteiger partial charge is 0.123 e. The Bertz CT molecular complexity index is 636. The fourth-order valence-electron chi connectivity index (χ4n) is 2.71. The van der Waals surface area contributed by atoms with Gasteiger partial charge in [0.1, 0.15) is 17.6 Å². The molecule has 2 aromatic rings. The van der Waals surface area contributed by atoms with Gasteiger partial charge in [-0.1, -0.05) is 0 Å². The minimum absolute atomic E-state index is 0.265. The first-order valence-electron chi connectivity index (χ1n) is 7.26. The molecule has 1 aliphatic heterocycles. The van der Waals surface area contributed by atoms with Gasteiger partial charge in [0.25, 0.3) is 0 Å². The summed E-state index contributed by atoms with van der Waals surface area (Å²) >= 11 is 1.75. The van der Waals surface area contributed by atoms with Crippen molar-refractivity contribution in [2.24, 2.45) is 0 Å². The molecular weight excluding hydrogens is 282 g/mol. The molecule has 0 saturated heterocycles. The summed E-state index contributed by atoms with van der Waals surface area (Å²) in [7, 11) is 1.73. The van der Waals surface area contributed by atoms with Crippen molar-refractivity contribution in [3.63, 3.8) is 0 Å². The molecule has 1 atom stereocenters. The SMILES string of the molecule is COc1cc2c(cc1CNCc1cscc1C)OC(C)C2. The number of nitrogens with one attached hydrogen (secondary N) is 1.